The summed E-state index contributed by atoms with van der Waals surface area (Å²) in [6, 6.07) is 6.22. The molecule has 1 fully saturated rings. The van der Waals surface area contributed by atoms with Gasteiger partial charge in [-0.1, -0.05) is 24.6 Å². The number of nitrogens with zero attached hydrogens (tertiary/aromatic N) is 2. The highest BCUT2D eigenvalue weighted by Crippen LogP contribution is 2.24. The minimum absolute atomic E-state index is 0. The molecule has 1 heterocycles. The molecule has 5 nitrogen and oxygen atoms in total. The van der Waals surface area contributed by atoms with Crippen molar-refractivity contribution in [3.8, 4) is 5.75 Å². The summed E-state index contributed by atoms with van der Waals surface area (Å²) in [6.07, 6.45) is 3.55. The molecule has 0 aliphatic carbocycles. The minimum Gasteiger partial charge on any atom is -0.493 e. The molecule has 2 N–H and O–H groups in total. The van der Waals surface area contributed by atoms with Crippen molar-refractivity contribution in [3.05, 3.63) is 28.8 Å². The predicted octanol–water partition coefficient (Wildman–Crippen LogP) is 4.29. The van der Waals surface area contributed by atoms with Crippen LogP contribution in [0.25, 0.3) is 0 Å². The van der Waals surface area contributed by atoms with Gasteiger partial charge in [0.05, 0.1) is 13.2 Å². The Morgan fingerprint density at radius 2 is 2.00 bits per heavy atom. The molecular formula is C20H34ClIN4O. The second kappa shape index (κ2) is 13.4. The minimum atomic E-state index is 0. The van der Waals surface area contributed by atoms with Gasteiger partial charge in [-0.05, 0) is 51.8 Å². The largest absolute Gasteiger partial charge is 0.493 e. The molecule has 0 bridgehead atoms. The van der Waals surface area contributed by atoms with Crippen LogP contribution >= 0.6 is 35.6 Å². The molecule has 1 saturated heterocycles. The third-order valence-electron chi connectivity index (χ3n) is 4.55. The number of rotatable bonds is 8. The Labute approximate surface area is 186 Å². The molecule has 154 valence electrons. The highest BCUT2D eigenvalue weighted by molar-refractivity contribution is 14.0. The standard InChI is InChI=1S/C20H33ClN4O.HI/c1-4-11-25-12-9-18(10-13-25)24-20(22-5-2)23-15-16-7-8-17(21)14-19(16)26-6-3;/h7-8,14,18H,4-6,9-13,15H2,1-3H3,(H2,22,23,24);1H. The average molecular weight is 509 g/mol. The van der Waals surface area contributed by atoms with Crippen LogP contribution < -0.4 is 15.4 Å². The van der Waals surface area contributed by atoms with Crippen LogP contribution in [0.1, 0.15) is 45.6 Å². The summed E-state index contributed by atoms with van der Waals surface area (Å²) in [4.78, 5) is 7.31. The van der Waals surface area contributed by atoms with E-state index in [0.717, 1.165) is 49.7 Å². The molecule has 0 spiro atoms. The highest BCUT2D eigenvalue weighted by Gasteiger charge is 2.19. The molecule has 1 aliphatic heterocycles. The maximum atomic E-state index is 6.08. The van der Waals surface area contributed by atoms with Crippen LogP contribution in [-0.4, -0.2) is 49.7 Å². The Balaban J connectivity index is 0.00000364. The number of benzene rings is 1. The zero-order valence-corrected chi connectivity index (χ0v) is 19.8. The van der Waals surface area contributed by atoms with E-state index in [1.54, 1.807) is 0 Å². The third-order valence-corrected chi connectivity index (χ3v) is 4.78. The maximum absolute atomic E-state index is 6.08. The van der Waals surface area contributed by atoms with E-state index < -0.39 is 0 Å². The number of hydrogen-bond donors (Lipinski definition) is 2. The fourth-order valence-electron chi connectivity index (χ4n) is 3.24. The smallest absolute Gasteiger partial charge is 0.191 e. The summed E-state index contributed by atoms with van der Waals surface area (Å²) in [5, 5.41) is 7.64. The van der Waals surface area contributed by atoms with Gasteiger partial charge in [-0.25, -0.2) is 4.99 Å². The molecule has 27 heavy (non-hydrogen) atoms. The average Bonchev–Trinajstić information content (AvgIpc) is 2.63. The van der Waals surface area contributed by atoms with Crippen LogP contribution in [0.2, 0.25) is 5.02 Å². The molecule has 1 aliphatic rings. The monoisotopic (exact) mass is 508 g/mol. The normalized spacial score (nSPS) is 15.9. The number of aliphatic imine (C=N–C) groups is 1. The van der Waals surface area contributed by atoms with E-state index in [9.17, 15) is 0 Å². The first-order valence-electron chi connectivity index (χ1n) is 9.84. The fourth-order valence-corrected chi connectivity index (χ4v) is 3.41. The van der Waals surface area contributed by atoms with Crippen molar-refractivity contribution < 1.29 is 4.74 Å². The lowest BCUT2D eigenvalue weighted by Crippen LogP contribution is -2.48. The summed E-state index contributed by atoms with van der Waals surface area (Å²) in [5.41, 5.74) is 1.05. The van der Waals surface area contributed by atoms with Gasteiger partial charge in [0, 0.05) is 36.3 Å². The number of halogens is 2. The number of ether oxygens (including phenoxy) is 1. The van der Waals surface area contributed by atoms with Gasteiger partial charge in [-0.2, -0.15) is 0 Å². The van der Waals surface area contributed by atoms with Crippen molar-refractivity contribution in [1.29, 1.82) is 0 Å². The number of nitrogens with one attached hydrogen (secondary N) is 2. The lowest BCUT2D eigenvalue weighted by Gasteiger charge is -2.32. The molecule has 0 aromatic heterocycles. The van der Waals surface area contributed by atoms with Crippen molar-refractivity contribution >= 4 is 41.5 Å². The quantitative estimate of drug-likeness (QED) is 0.313. The van der Waals surface area contributed by atoms with Crippen molar-refractivity contribution in [2.24, 2.45) is 4.99 Å². The van der Waals surface area contributed by atoms with E-state index in [-0.39, 0.29) is 24.0 Å². The summed E-state index contributed by atoms with van der Waals surface area (Å²) in [7, 11) is 0. The van der Waals surface area contributed by atoms with Gasteiger partial charge >= 0.3 is 0 Å². The summed E-state index contributed by atoms with van der Waals surface area (Å²) >= 11 is 6.08. The Kier molecular flexibility index (Phi) is 12.1. The molecule has 0 radical (unpaired) electrons. The van der Waals surface area contributed by atoms with Crippen LogP contribution in [0.15, 0.2) is 23.2 Å². The van der Waals surface area contributed by atoms with Crippen LogP contribution in [0, 0.1) is 0 Å². The predicted molar refractivity (Wildman–Crippen MR) is 126 cm³/mol. The van der Waals surface area contributed by atoms with Crippen molar-refractivity contribution in [1.82, 2.24) is 15.5 Å². The van der Waals surface area contributed by atoms with Gasteiger partial charge in [0.15, 0.2) is 5.96 Å². The number of piperidine rings is 1. The van der Waals surface area contributed by atoms with Gasteiger partial charge in [-0.3, -0.25) is 0 Å². The van der Waals surface area contributed by atoms with Gasteiger partial charge < -0.3 is 20.3 Å². The lowest BCUT2D eigenvalue weighted by molar-refractivity contribution is 0.206. The zero-order chi connectivity index (χ0) is 18.8. The van der Waals surface area contributed by atoms with E-state index in [2.05, 4.69) is 29.4 Å². The number of guanidine groups is 1. The first-order chi connectivity index (χ1) is 12.7. The zero-order valence-electron chi connectivity index (χ0n) is 16.8. The van der Waals surface area contributed by atoms with Crippen LogP contribution in [0.3, 0.4) is 0 Å². The summed E-state index contributed by atoms with van der Waals surface area (Å²) < 4.78 is 5.69. The van der Waals surface area contributed by atoms with E-state index >= 15 is 0 Å². The molecule has 0 saturated carbocycles. The first kappa shape index (κ1) is 24.3. The SMILES string of the molecule is CCCN1CCC(NC(=NCc2ccc(Cl)cc2OCC)NCC)CC1.I. The Hall–Kier alpha value is -0.730. The van der Waals surface area contributed by atoms with E-state index in [1.165, 1.54) is 13.0 Å². The highest BCUT2D eigenvalue weighted by atomic mass is 127. The van der Waals surface area contributed by atoms with Crippen LogP contribution in [0.4, 0.5) is 0 Å². The number of hydrogen-bond acceptors (Lipinski definition) is 3. The molecule has 2 rings (SSSR count). The van der Waals surface area contributed by atoms with Gasteiger partial charge in [-0.15, -0.1) is 24.0 Å². The van der Waals surface area contributed by atoms with Gasteiger partial charge in [0.2, 0.25) is 0 Å². The molecule has 7 heteroatoms. The molecular weight excluding hydrogens is 475 g/mol. The molecule has 1 aromatic rings. The summed E-state index contributed by atoms with van der Waals surface area (Å²) in [5.74, 6) is 1.69. The van der Waals surface area contributed by atoms with E-state index in [1.807, 2.05) is 25.1 Å². The fraction of sp³-hybridized carbons (Fsp3) is 0.650. The molecule has 0 amide bonds. The lowest BCUT2D eigenvalue weighted by atomic mass is 10.1. The van der Waals surface area contributed by atoms with Crippen molar-refractivity contribution in [3.63, 3.8) is 0 Å². The topological polar surface area (TPSA) is 48.9 Å². The Morgan fingerprint density at radius 3 is 2.63 bits per heavy atom. The maximum Gasteiger partial charge on any atom is 0.191 e. The Morgan fingerprint density at radius 1 is 1.26 bits per heavy atom. The van der Waals surface area contributed by atoms with Crippen LogP contribution in [-0.2, 0) is 6.54 Å². The van der Waals surface area contributed by atoms with Gasteiger partial charge in [0.1, 0.15) is 5.75 Å². The van der Waals surface area contributed by atoms with E-state index in [4.69, 9.17) is 21.3 Å². The van der Waals surface area contributed by atoms with E-state index in [0.29, 0.717) is 24.2 Å². The van der Waals surface area contributed by atoms with Crippen molar-refractivity contribution in [2.75, 3.05) is 32.8 Å². The second-order valence-corrected chi connectivity index (χ2v) is 7.08. The molecule has 1 aromatic carbocycles. The van der Waals surface area contributed by atoms with Crippen LogP contribution in [0.5, 0.6) is 5.75 Å². The molecule has 0 unspecified atom stereocenters. The second-order valence-electron chi connectivity index (χ2n) is 6.64. The van der Waals surface area contributed by atoms with Gasteiger partial charge in [0.25, 0.3) is 0 Å². The molecule has 0 atom stereocenters. The van der Waals surface area contributed by atoms with Crippen molar-refractivity contribution in [2.45, 2.75) is 52.6 Å². The Bertz CT molecular complexity index is 577. The first-order valence-corrected chi connectivity index (χ1v) is 10.2. The third kappa shape index (κ3) is 8.44. The summed E-state index contributed by atoms with van der Waals surface area (Å²) in [6.45, 7) is 11.9. The number of likely N-dealkylation sites (tertiary alicyclic amines) is 1.